The minimum absolute atomic E-state index is 0.614. The number of H-pyrrole nitrogens is 1. The molecule has 9 nitrogen and oxygen atoms in total. The number of piperazine rings is 1. The van der Waals surface area contributed by atoms with Crippen LogP contribution in [-0.2, 0) is 0 Å². The lowest BCUT2D eigenvalue weighted by atomic mass is 10.1. The molecule has 2 aromatic carbocycles. The van der Waals surface area contributed by atoms with Crippen LogP contribution in [0.25, 0.3) is 27.8 Å². The maximum absolute atomic E-state index is 4.90. The Bertz CT molecular complexity index is 1520. The van der Waals surface area contributed by atoms with Crippen LogP contribution in [0, 0.1) is 0 Å². The lowest BCUT2D eigenvalue weighted by Crippen LogP contribution is -2.48. The predicted octanol–water partition coefficient (Wildman–Crippen LogP) is 4.08. The van der Waals surface area contributed by atoms with E-state index in [0.29, 0.717) is 29.6 Å². The van der Waals surface area contributed by atoms with Gasteiger partial charge in [-0.2, -0.15) is 10.2 Å². The second-order valence-electron chi connectivity index (χ2n) is 9.83. The van der Waals surface area contributed by atoms with Crippen LogP contribution in [0.5, 0.6) is 0 Å². The van der Waals surface area contributed by atoms with Crippen molar-refractivity contribution in [2.24, 2.45) is 0 Å². The standard InChI is InChI=1S/C26H27N9/c1-16(2)33-12-22-10-21(33)13-34(22)20-6-4-19(5-7-20)30-25-26-27-15-29-35(26)14-24(31-25)17-3-8-23-18(9-17)11-28-32-23/h3-9,11,14-16,21-22H,10,12-13H2,1-2H3,(H,28,32)(H,30,31)/t21-,22-/m1/s1. The van der Waals surface area contributed by atoms with Gasteiger partial charge in [0.1, 0.15) is 6.33 Å². The molecule has 7 rings (SSSR count). The van der Waals surface area contributed by atoms with Crippen molar-refractivity contribution in [2.75, 3.05) is 23.3 Å². The summed E-state index contributed by atoms with van der Waals surface area (Å²) in [5.41, 5.74) is 5.75. The smallest absolute Gasteiger partial charge is 0.198 e. The lowest BCUT2D eigenvalue weighted by Gasteiger charge is -2.37. The van der Waals surface area contributed by atoms with E-state index in [4.69, 9.17) is 4.98 Å². The molecule has 5 aromatic rings. The van der Waals surface area contributed by atoms with Gasteiger partial charge in [0.25, 0.3) is 0 Å². The van der Waals surface area contributed by atoms with E-state index >= 15 is 0 Å². The Morgan fingerprint density at radius 2 is 1.94 bits per heavy atom. The molecular weight excluding hydrogens is 438 g/mol. The third kappa shape index (κ3) is 3.42. The second-order valence-corrected chi connectivity index (χ2v) is 9.83. The van der Waals surface area contributed by atoms with Gasteiger partial charge in [-0.3, -0.25) is 10.00 Å². The summed E-state index contributed by atoms with van der Waals surface area (Å²) in [5, 5.41) is 16.0. The van der Waals surface area contributed by atoms with Crippen molar-refractivity contribution in [1.29, 1.82) is 0 Å². The number of hydrogen-bond acceptors (Lipinski definition) is 7. The molecule has 176 valence electrons. The molecular formula is C26H27N9. The van der Waals surface area contributed by atoms with Crippen LogP contribution >= 0.6 is 0 Å². The van der Waals surface area contributed by atoms with Gasteiger partial charge in [-0.15, -0.1) is 0 Å². The first kappa shape index (κ1) is 20.4. The van der Waals surface area contributed by atoms with E-state index in [9.17, 15) is 0 Å². The third-order valence-corrected chi connectivity index (χ3v) is 7.41. The maximum Gasteiger partial charge on any atom is 0.198 e. The summed E-state index contributed by atoms with van der Waals surface area (Å²) in [4.78, 5) is 14.5. The van der Waals surface area contributed by atoms with Crippen LogP contribution in [0.3, 0.4) is 0 Å². The highest BCUT2D eigenvalue weighted by atomic mass is 15.4. The van der Waals surface area contributed by atoms with Crippen molar-refractivity contribution < 1.29 is 0 Å². The monoisotopic (exact) mass is 465 g/mol. The average molecular weight is 466 g/mol. The molecule has 0 amide bonds. The Morgan fingerprint density at radius 1 is 1.06 bits per heavy atom. The van der Waals surface area contributed by atoms with E-state index in [1.165, 1.54) is 12.1 Å². The molecule has 2 aliphatic rings. The molecule has 5 heterocycles. The molecule has 2 N–H and O–H groups in total. The summed E-state index contributed by atoms with van der Waals surface area (Å²) in [6, 6.07) is 16.7. The van der Waals surface area contributed by atoms with Gasteiger partial charge in [0, 0.05) is 53.5 Å². The van der Waals surface area contributed by atoms with Crippen LogP contribution in [0.2, 0.25) is 0 Å². The van der Waals surface area contributed by atoms with E-state index in [2.05, 4.69) is 79.6 Å². The number of anilines is 3. The molecule has 35 heavy (non-hydrogen) atoms. The normalized spacial score (nSPS) is 20.0. The first-order chi connectivity index (χ1) is 17.1. The summed E-state index contributed by atoms with van der Waals surface area (Å²) < 4.78 is 1.76. The van der Waals surface area contributed by atoms with Crippen LogP contribution in [-0.4, -0.2) is 65.9 Å². The number of rotatable bonds is 5. The summed E-state index contributed by atoms with van der Waals surface area (Å²) >= 11 is 0. The van der Waals surface area contributed by atoms with Gasteiger partial charge in [-0.1, -0.05) is 6.07 Å². The highest BCUT2D eigenvalue weighted by Gasteiger charge is 2.43. The quantitative estimate of drug-likeness (QED) is 0.404. The number of fused-ring (bicyclic) bond motifs is 4. The number of hydrogen-bond donors (Lipinski definition) is 2. The topological polar surface area (TPSA) is 90.3 Å². The SMILES string of the molecule is CC(C)N1C[C@H]2C[C@@H]1CN2c1ccc(Nc2nc(-c3ccc4[nH]ncc4c3)cn3ncnc23)cc1. The Kier molecular flexibility index (Phi) is 4.53. The molecule has 9 heteroatoms. The minimum atomic E-state index is 0.614. The van der Waals surface area contributed by atoms with Gasteiger partial charge in [0.05, 0.1) is 23.6 Å². The largest absolute Gasteiger partial charge is 0.366 e. The molecule has 0 spiro atoms. The van der Waals surface area contributed by atoms with Crippen molar-refractivity contribution in [3.63, 3.8) is 0 Å². The van der Waals surface area contributed by atoms with Gasteiger partial charge >= 0.3 is 0 Å². The highest BCUT2D eigenvalue weighted by Crippen LogP contribution is 2.36. The Labute approximate surface area is 202 Å². The van der Waals surface area contributed by atoms with Crippen molar-refractivity contribution >= 4 is 33.7 Å². The van der Waals surface area contributed by atoms with Gasteiger partial charge in [-0.05, 0) is 56.7 Å². The maximum atomic E-state index is 4.90. The molecule has 2 atom stereocenters. The molecule has 2 saturated heterocycles. The molecule has 0 aliphatic carbocycles. The molecule has 0 saturated carbocycles. The van der Waals surface area contributed by atoms with Gasteiger partial charge in [-0.25, -0.2) is 14.5 Å². The molecule has 2 aliphatic heterocycles. The van der Waals surface area contributed by atoms with Gasteiger partial charge < -0.3 is 10.2 Å². The summed E-state index contributed by atoms with van der Waals surface area (Å²) in [7, 11) is 0. The number of aromatic nitrogens is 6. The van der Waals surface area contributed by atoms with Crippen molar-refractivity contribution in [3.05, 3.63) is 61.2 Å². The minimum Gasteiger partial charge on any atom is -0.366 e. The van der Waals surface area contributed by atoms with E-state index in [1.54, 1.807) is 10.8 Å². The molecule has 0 radical (unpaired) electrons. The number of nitrogens with zero attached hydrogens (tertiary/aromatic N) is 7. The number of benzene rings is 2. The molecule has 2 bridgehead atoms. The fraction of sp³-hybridized carbons (Fsp3) is 0.308. The molecule has 3 aromatic heterocycles. The highest BCUT2D eigenvalue weighted by molar-refractivity contribution is 5.84. The first-order valence-corrected chi connectivity index (χ1v) is 12.2. The summed E-state index contributed by atoms with van der Waals surface area (Å²) in [5.74, 6) is 0.674. The number of nitrogens with one attached hydrogen (secondary N) is 2. The van der Waals surface area contributed by atoms with Crippen molar-refractivity contribution in [3.8, 4) is 11.3 Å². The zero-order valence-electron chi connectivity index (χ0n) is 19.8. The van der Waals surface area contributed by atoms with E-state index < -0.39 is 0 Å². The van der Waals surface area contributed by atoms with Crippen LogP contribution in [0.15, 0.2) is 61.2 Å². The van der Waals surface area contributed by atoms with E-state index in [-0.39, 0.29) is 0 Å². The Morgan fingerprint density at radius 3 is 2.74 bits per heavy atom. The zero-order valence-corrected chi connectivity index (χ0v) is 19.8. The van der Waals surface area contributed by atoms with Crippen LogP contribution < -0.4 is 10.2 Å². The average Bonchev–Trinajstić information content (AvgIpc) is 3.67. The number of aromatic amines is 1. The van der Waals surface area contributed by atoms with E-state index in [1.807, 2.05) is 24.5 Å². The Balaban J connectivity index is 1.16. The third-order valence-electron chi connectivity index (χ3n) is 7.41. The van der Waals surface area contributed by atoms with Crippen LogP contribution in [0.4, 0.5) is 17.2 Å². The predicted molar refractivity (Wildman–Crippen MR) is 137 cm³/mol. The fourth-order valence-corrected chi connectivity index (χ4v) is 5.67. The zero-order chi connectivity index (χ0) is 23.5. The van der Waals surface area contributed by atoms with Crippen LogP contribution in [0.1, 0.15) is 20.3 Å². The molecule has 2 fully saturated rings. The summed E-state index contributed by atoms with van der Waals surface area (Å²) in [6.45, 7) is 6.88. The summed E-state index contributed by atoms with van der Waals surface area (Å²) in [6.07, 6.45) is 6.54. The van der Waals surface area contributed by atoms with Gasteiger partial charge in [0.15, 0.2) is 11.5 Å². The van der Waals surface area contributed by atoms with Crippen molar-refractivity contribution in [2.45, 2.75) is 38.4 Å². The number of likely N-dealkylation sites (tertiary alicyclic amines) is 1. The Hall–Kier alpha value is -3.98. The lowest BCUT2D eigenvalue weighted by molar-refractivity contribution is 0.191. The molecule has 0 unspecified atom stereocenters. The first-order valence-electron chi connectivity index (χ1n) is 12.2. The van der Waals surface area contributed by atoms with Crippen molar-refractivity contribution in [1.82, 2.24) is 34.7 Å². The fourth-order valence-electron chi connectivity index (χ4n) is 5.67. The van der Waals surface area contributed by atoms with E-state index in [0.717, 1.165) is 40.9 Å². The second kappa shape index (κ2) is 7.78. The van der Waals surface area contributed by atoms with Gasteiger partial charge in [0.2, 0.25) is 0 Å².